The first-order chi connectivity index (χ1) is 12.2. The van der Waals surface area contributed by atoms with Crippen LogP contribution in [0.2, 0.25) is 0 Å². The number of hydrogen-bond donors (Lipinski definition) is 2. The van der Waals surface area contributed by atoms with Gasteiger partial charge in [-0.3, -0.25) is 4.98 Å². The minimum Gasteiger partial charge on any atom is -0.465 e. The van der Waals surface area contributed by atoms with E-state index in [0.717, 1.165) is 41.8 Å². The average Bonchev–Trinajstić information content (AvgIpc) is 2.81. The minimum absolute atomic E-state index is 0.294. The highest BCUT2D eigenvalue weighted by Crippen LogP contribution is 2.37. The molecule has 5 nitrogen and oxygen atoms in total. The number of carbonyl (C=O) groups excluding carboxylic acids is 1. The van der Waals surface area contributed by atoms with E-state index in [4.69, 9.17) is 17.0 Å². The van der Waals surface area contributed by atoms with Gasteiger partial charge in [-0.25, -0.2) is 4.79 Å². The molecule has 2 aromatic rings. The van der Waals surface area contributed by atoms with Gasteiger partial charge in [0.25, 0.3) is 0 Å². The van der Waals surface area contributed by atoms with E-state index in [1.165, 1.54) is 18.4 Å². The molecular weight excluding hydrogens is 354 g/mol. The predicted octanol–water partition coefficient (Wildman–Crippen LogP) is 3.69. The van der Waals surface area contributed by atoms with Gasteiger partial charge in [0.2, 0.25) is 0 Å². The molecule has 0 fully saturated rings. The van der Waals surface area contributed by atoms with Crippen molar-refractivity contribution in [1.82, 2.24) is 10.3 Å². The molecule has 0 spiro atoms. The fourth-order valence-corrected chi connectivity index (χ4v) is 4.50. The topological polar surface area (TPSA) is 63.2 Å². The number of aryl methyl sites for hydroxylation is 1. The molecule has 1 aliphatic carbocycles. The summed E-state index contributed by atoms with van der Waals surface area (Å²) >= 11 is 7.01. The lowest BCUT2D eigenvalue weighted by Gasteiger charge is -2.11. The first-order valence-electron chi connectivity index (χ1n) is 8.35. The van der Waals surface area contributed by atoms with Crippen molar-refractivity contribution in [2.45, 2.75) is 38.6 Å². The van der Waals surface area contributed by atoms with Crippen LogP contribution in [0.3, 0.4) is 0 Å². The molecule has 0 aliphatic heterocycles. The number of nitrogens with zero attached hydrogens (tertiary/aromatic N) is 1. The van der Waals surface area contributed by atoms with Gasteiger partial charge in [0.05, 0.1) is 12.7 Å². The van der Waals surface area contributed by atoms with E-state index in [9.17, 15) is 4.79 Å². The second-order valence-corrected chi connectivity index (χ2v) is 7.44. The molecule has 7 heteroatoms. The van der Waals surface area contributed by atoms with Crippen molar-refractivity contribution in [3.63, 3.8) is 0 Å². The summed E-state index contributed by atoms with van der Waals surface area (Å²) < 4.78 is 5.01. The molecule has 0 amide bonds. The van der Waals surface area contributed by atoms with Crippen LogP contribution in [-0.2, 0) is 24.1 Å². The van der Waals surface area contributed by atoms with E-state index < -0.39 is 0 Å². The Morgan fingerprint density at radius 2 is 2.20 bits per heavy atom. The average molecular weight is 376 g/mol. The number of pyridine rings is 1. The SMILES string of the molecule is COC(=O)c1c(NC(=S)NCc2cccnc2)sc2c1CCCCC2. The fraction of sp³-hybridized carbons (Fsp3) is 0.389. The van der Waals surface area contributed by atoms with Crippen molar-refractivity contribution in [2.75, 3.05) is 12.4 Å². The number of esters is 1. The smallest absolute Gasteiger partial charge is 0.341 e. The summed E-state index contributed by atoms with van der Waals surface area (Å²) in [6.07, 6.45) is 8.95. The molecule has 1 aliphatic rings. The molecule has 2 aromatic heterocycles. The van der Waals surface area contributed by atoms with Gasteiger partial charge < -0.3 is 15.4 Å². The van der Waals surface area contributed by atoms with Gasteiger partial charge in [-0.1, -0.05) is 12.5 Å². The summed E-state index contributed by atoms with van der Waals surface area (Å²) in [7, 11) is 1.42. The maximum Gasteiger partial charge on any atom is 0.341 e. The van der Waals surface area contributed by atoms with Crippen molar-refractivity contribution in [2.24, 2.45) is 0 Å². The third-order valence-corrected chi connectivity index (χ3v) is 5.67. The summed E-state index contributed by atoms with van der Waals surface area (Å²) in [6, 6.07) is 3.87. The van der Waals surface area contributed by atoms with Crippen LogP contribution >= 0.6 is 23.6 Å². The van der Waals surface area contributed by atoms with Crippen LogP contribution < -0.4 is 10.6 Å². The van der Waals surface area contributed by atoms with Crippen molar-refractivity contribution < 1.29 is 9.53 Å². The quantitative estimate of drug-likeness (QED) is 0.483. The predicted molar refractivity (Wildman–Crippen MR) is 104 cm³/mol. The Hall–Kier alpha value is -1.99. The van der Waals surface area contributed by atoms with Crippen LogP contribution in [0.25, 0.3) is 0 Å². The standard InChI is InChI=1S/C18H21N3O2S2/c1-23-17(22)15-13-7-3-2-4-8-14(13)25-16(15)21-18(24)20-11-12-6-5-9-19-10-12/h5-6,9-10H,2-4,7-8,11H2,1H3,(H2,20,21,24). The zero-order chi connectivity index (χ0) is 17.6. The fourth-order valence-electron chi connectivity index (χ4n) is 2.98. The van der Waals surface area contributed by atoms with Gasteiger partial charge in [-0.15, -0.1) is 11.3 Å². The molecule has 0 saturated heterocycles. The van der Waals surface area contributed by atoms with E-state index in [-0.39, 0.29) is 5.97 Å². The number of ether oxygens (including phenoxy) is 1. The Labute approximate surface area is 156 Å². The van der Waals surface area contributed by atoms with E-state index in [1.807, 2.05) is 12.1 Å². The maximum atomic E-state index is 12.3. The monoisotopic (exact) mass is 375 g/mol. The van der Waals surface area contributed by atoms with Crippen molar-refractivity contribution in [1.29, 1.82) is 0 Å². The largest absolute Gasteiger partial charge is 0.465 e. The van der Waals surface area contributed by atoms with E-state index in [0.29, 0.717) is 17.2 Å². The Balaban J connectivity index is 1.74. The number of thiophene rings is 1. The second kappa shape index (κ2) is 8.40. The summed E-state index contributed by atoms with van der Waals surface area (Å²) in [5.74, 6) is -0.294. The highest BCUT2D eigenvalue weighted by Gasteiger charge is 2.25. The van der Waals surface area contributed by atoms with Crippen LogP contribution in [0.1, 0.15) is 45.6 Å². The van der Waals surface area contributed by atoms with Crippen molar-refractivity contribution in [3.8, 4) is 0 Å². The van der Waals surface area contributed by atoms with Gasteiger partial charge in [0, 0.05) is 23.8 Å². The van der Waals surface area contributed by atoms with E-state index >= 15 is 0 Å². The molecule has 0 bridgehead atoms. The normalized spacial score (nSPS) is 13.5. The minimum atomic E-state index is -0.294. The molecule has 0 unspecified atom stereocenters. The number of nitrogens with one attached hydrogen (secondary N) is 2. The summed E-state index contributed by atoms with van der Waals surface area (Å²) in [5, 5.41) is 7.62. The number of rotatable bonds is 4. The Morgan fingerprint density at radius 3 is 2.96 bits per heavy atom. The first kappa shape index (κ1) is 17.8. The molecule has 3 rings (SSSR count). The highest BCUT2D eigenvalue weighted by molar-refractivity contribution is 7.80. The van der Waals surface area contributed by atoms with Gasteiger partial charge >= 0.3 is 5.97 Å². The maximum absolute atomic E-state index is 12.3. The molecule has 2 N–H and O–H groups in total. The molecule has 25 heavy (non-hydrogen) atoms. The summed E-state index contributed by atoms with van der Waals surface area (Å²) in [6.45, 7) is 0.582. The molecular formula is C18H21N3O2S2. The lowest BCUT2D eigenvalue weighted by molar-refractivity contribution is 0.0601. The van der Waals surface area contributed by atoms with Crippen LogP contribution in [-0.4, -0.2) is 23.2 Å². The number of hydrogen-bond acceptors (Lipinski definition) is 5. The van der Waals surface area contributed by atoms with Crippen LogP contribution in [0.4, 0.5) is 5.00 Å². The number of fused-ring (bicyclic) bond motifs is 1. The lowest BCUT2D eigenvalue weighted by Crippen LogP contribution is -2.28. The number of aromatic nitrogens is 1. The molecule has 0 radical (unpaired) electrons. The third-order valence-electron chi connectivity index (χ3n) is 4.21. The van der Waals surface area contributed by atoms with Gasteiger partial charge in [0.1, 0.15) is 5.00 Å². The number of carbonyl (C=O) groups is 1. The Morgan fingerprint density at radius 1 is 1.36 bits per heavy atom. The molecule has 132 valence electrons. The highest BCUT2D eigenvalue weighted by atomic mass is 32.1. The van der Waals surface area contributed by atoms with E-state index in [2.05, 4.69) is 15.6 Å². The molecule has 0 saturated carbocycles. The molecule has 2 heterocycles. The Kier molecular flexibility index (Phi) is 5.99. The Bertz CT molecular complexity index is 759. The van der Waals surface area contributed by atoms with Crippen molar-refractivity contribution >= 4 is 39.6 Å². The van der Waals surface area contributed by atoms with Crippen LogP contribution in [0.5, 0.6) is 0 Å². The number of thiocarbonyl (C=S) groups is 1. The van der Waals surface area contributed by atoms with E-state index in [1.54, 1.807) is 23.7 Å². The number of anilines is 1. The lowest BCUT2D eigenvalue weighted by atomic mass is 10.1. The van der Waals surface area contributed by atoms with Crippen LogP contribution in [0.15, 0.2) is 24.5 Å². The van der Waals surface area contributed by atoms with Gasteiger partial charge in [-0.05, 0) is 55.1 Å². The molecule has 0 atom stereocenters. The first-order valence-corrected chi connectivity index (χ1v) is 9.58. The number of methoxy groups -OCH3 is 1. The van der Waals surface area contributed by atoms with Gasteiger partial charge in [0.15, 0.2) is 5.11 Å². The molecule has 0 aromatic carbocycles. The van der Waals surface area contributed by atoms with Crippen LogP contribution in [0, 0.1) is 0 Å². The zero-order valence-corrected chi connectivity index (χ0v) is 15.8. The third kappa shape index (κ3) is 4.35. The second-order valence-electron chi connectivity index (χ2n) is 5.93. The summed E-state index contributed by atoms with van der Waals surface area (Å²) in [4.78, 5) is 17.7. The van der Waals surface area contributed by atoms with Gasteiger partial charge in [-0.2, -0.15) is 0 Å². The summed E-state index contributed by atoms with van der Waals surface area (Å²) in [5.41, 5.74) is 2.82. The zero-order valence-electron chi connectivity index (χ0n) is 14.1. The van der Waals surface area contributed by atoms with Crippen molar-refractivity contribution in [3.05, 3.63) is 46.1 Å².